The van der Waals surface area contributed by atoms with Crippen molar-refractivity contribution < 1.29 is 9.53 Å². The number of nitrogens with one attached hydrogen (secondary N) is 1. The molecule has 0 saturated heterocycles. The summed E-state index contributed by atoms with van der Waals surface area (Å²) in [5.74, 6) is -0.433. The Kier molecular flexibility index (Phi) is 7.37. The fourth-order valence-corrected chi connectivity index (χ4v) is 2.62. The van der Waals surface area contributed by atoms with E-state index in [2.05, 4.69) is 19.2 Å². The molecule has 1 rings (SSSR count). The maximum Gasteiger partial charge on any atom is 0.340 e. The van der Waals surface area contributed by atoms with E-state index in [0.29, 0.717) is 28.0 Å². The maximum absolute atomic E-state index is 11.9. The SMILES string of the molecule is CCCCC(CCC)Nc1c(Cl)cc(N)cc1C(=O)OC. The zero-order chi connectivity index (χ0) is 15.8. The fraction of sp³-hybridized carbons (Fsp3) is 0.562. The number of methoxy groups -OCH3 is 1. The highest BCUT2D eigenvalue weighted by molar-refractivity contribution is 6.34. The van der Waals surface area contributed by atoms with E-state index in [0.717, 1.165) is 32.1 Å². The number of rotatable bonds is 8. The topological polar surface area (TPSA) is 64.3 Å². The summed E-state index contributed by atoms with van der Waals surface area (Å²) in [7, 11) is 1.35. The number of hydrogen-bond donors (Lipinski definition) is 2. The third-order valence-corrected chi connectivity index (χ3v) is 3.71. The van der Waals surface area contributed by atoms with Gasteiger partial charge < -0.3 is 15.8 Å². The molecule has 5 heteroatoms. The molecule has 0 heterocycles. The molecule has 0 aliphatic rings. The van der Waals surface area contributed by atoms with Crippen LogP contribution in [-0.4, -0.2) is 19.1 Å². The first-order valence-corrected chi connectivity index (χ1v) is 7.85. The molecule has 0 amide bonds. The van der Waals surface area contributed by atoms with Crippen LogP contribution < -0.4 is 11.1 Å². The minimum Gasteiger partial charge on any atom is -0.465 e. The Bertz CT molecular complexity index is 478. The smallest absolute Gasteiger partial charge is 0.340 e. The third-order valence-electron chi connectivity index (χ3n) is 3.41. The molecule has 0 spiro atoms. The monoisotopic (exact) mass is 312 g/mol. The fourth-order valence-electron chi connectivity index (χ4n) is 2.34. The Morgan fingerprint density at radius 2 is 2.05 bits per heavy atom. The van der Waals surface area contributed by atoms with Crippen molar-refractivity contribution in [2.45, 2.75) is 52.0 Å². The Morgan fingerprint density at radius 1 is 1.33 bits per heavy atom. The number of carbonyl (C=O) groups is 1. The van der Waals surface area contributed by atoms with Crippen LogP contribution in [0.1, 0.15) is 56.3 Å². The normalized spacial score (nSPS) is 12.0. The summed E-state index contributed by atoms with van der Waals surface area (Å²) < 4.78 is 4.82. The lowest BCUT2D eigenvalue weighted by Gasteiger charge is -2.22. The number of nitrogens with two attached hydrogens (primary N) is 1. The first kappa shape index (κ1) is 17.6. The molecular weight excluding hydrogens is 288 g/mol. The van der Waals surface area contributed by atoms with Crippen LogP contribution in [0.2, 0.25) is 5.02 Å². The van der Waals surface area contributed by atoms with E-state index < -0.39 is 5.97 Å². The molecule has 0 aliphatic heterocycles. The van der Waals surface area contributed by atoms with Crippen molar-refractivity contribution in [1.82, 2.24) is 0 Å². The summed E-state index contributed by atoms with van der Waals surface area (Å²) in [5, 5.41) is 3.86. The average Bonchev–Trinajstić information content (AvgIpc) is 2.46. The molecule has 0 fully saturated rings. The molecule has 0 bridgehead atoms. The van der Waals surface area contributed by atoms with E-state index in [-0.39, 0.29) is 0 Å². The molecule has 3 N–H and O–H groups in total. The van der Waals surface area contributed by atoms with E-state index in [1.807, 2.05) is 0 Å². The van der Waals surface area contributed by atoms with Gasteiger partial charge in [-0.1, -0.05) is 44.7 Å². The molecule has 0 saturated carbocycles. The van der Waals surface area contributed by atoms with Crippen LogP contribution in [0, 0.1) is 0 Å². The number of nitrogen functional groups attached to an aromatic ring is 1. The van der Waals surface area contributed by atoms with Crippen LogP contribution in [0.5, 0.6) is 0 Å². The van der Waals surface area contributed by atoms with Gasteiger partial charge in [0.2, 0.25) is 0 Å². The lowest BCUT2D eigenvalue weighted by atomic mass is 10.0. The molecular formula is C16H25ClN2O2. The minimum atomic E-state index is -0.433. The summed E-state index contributed by atoms with van der Waals surface area (Å²) >= 11 is 6.26. The first-order chi connectivity index (χ1) is 10.0. The van der Waals surface area contributed by atoms with Gasteiger partial charge in [0.1, 0.15) is 0 Å². The first-order valence-electron chi connectivity index (χ1n) is 7.47. The summed E-state index contributed by atoms with van der Waals surface area (Å²) in [6.07, 6.45) is 5.42. The number of hydrogen-bond acceptors (Lipinski definition) is 4. The van der Waals surface area contributed by atoms with Crippen LogP contribution in [0.3, 0.4) is 0 Å². The van der Waals surface area contributed by atoms with Gasteiger partial charge in [-0.2, -0.15) is 0 Å². The summed E-state index contributed by atoms with van der Waals surface area (Å²) in [6.45, 7) is 4.31. The Hall–Kier alpha value is -1.42. The van der Waals surface area contributed by atoms with Crippen LogP contribution in [0.4, 0.5) is 11.4 Å². The molecule has 0 radical (unpaired) electrons. The van der Waals surface area contributed by atoms with Gasteiger partial charge in [-0.25, -0.2) is 4.79 Å². The van der Waals surface area contributed by atoms with Crippen molar-refractivity contribution in [1.29, 1.82) is 0 Å². The highest BCUT2D eigenvalue weighted by Crippen LogP contribution is 2.31. The van der Waals surface area contributed by atoms with Crippen molar-refractivity contribution in [2.75, 3.05) is 18.2 Å². The zero-order valence-corrected chi connectivity index (χ0v) is 13.8. The summed E-state index contributed by atoms with van der Waals surface area (Å²) in [5.41, 5.74) is 7.23. The number of carbonyl (C=O) groups excluding carboxylic acids is 1. The Morgan fingerprint density at radius 3 is 2.62 bits per heavy atom. The second-order valence-electron chi connectivity index (χ2n) is 5.19. The number of anilines is 2. The van der Waals surface area contributed by atoms with Crippen molar-refractivity contribution in [3.8, 4) is 0 Å². The molecule has 1 aromatic rings. The van der Waals surface area contributed by atoms with Crippen molar-refractivity contribution in [2.24, 2.45) is 0 Å². The number of halogens is 1. The molecule has 21 heavy (non-hydrogen) atoms. The van der Waals surface area contributed by atoms with Gasteiger partial charge >= 0.3 is 5.97 Å². The van der Waals surface area contributed by atoms with Crippen LogP contribution in [0.15, 0.2) is 12.1 Å². The predicted octanol–water partition coefficient (Wildman–Crippen LogP) is 4.48. The molecule has 1 atom stereocenters. The molecule has 4 nitrogen and oxygen atoms in total. The van der Waals surface area contributed by atoms with Gasteiger partial charge in [-0.3, -0.25) is 0 Å². The zero-order valence-electron chi connectivity index (χ0n) is 13.0. The van der Waals surface area contributed by atoms with Crippen LogP contribution in [0.25, 0.3) is 0 Å². The van der Waals surface area contributed by atoms with Crippen molar-refractivity contribution in [3.63, 3.8) is 0 Å². The van der Waals surface area contributed by atoms with Gasteiger partial charge in [0, 0.05) is 11.7 Å². The lowest BCUT2D eigenvalue weighted by molar-refractivity contribution is 0.0602. The minimum absolute atomic E-state index is 0.291. The van der Waals surface area contributed by atoms with E-state index in [1.165, 1.54) is 7.11 Å². The molecule has 0 aromatic heterocycles. The Labute approximate surface area is 132 Å². The second kappa shape index (κ2) is 8.78. The predicted molar refractivity (Wildman–Crippen MR) is 89.0 cm³/mol. The van der Waals surface area contributed by atoms with E-state index in [4.69, 9.17) is 22.1 Å². The molecule has 1 aromatic carbocycles. The molecule has 1 unspecified atom stereocenters. The van der Waals surface area contributed by atoms with Crippen LogP contribution in [-0.2, 0) is 4.74 Å². The molecule has 0 aliphatic carbocycles. The quantitative estimate of drug-likeness (QED) is 0.548. The second-order valence-corrected chi connectivity index (χ2v) is 5.60. The largest absolute Gasteiger partial charge is 0.465 e. The summed E-state index contributed by atoms with van der Waals surface area (Å²) in [6, 6.07) is 3.54. The number of esters is 1. The number of benzene rings is 1. The molecule has 118 valence electrons. The van der Waals surface area contributed by atoms with Crippen LogP contribution >= 0.6 is 11.6 Å². The van der Waals surface area contributed by atoms with E-state index in [1.54, 1.807) is 12.1 Å². The lowest BCUT2D eigenvalue weighted by Crippen LogP contribution is -2.21. The van der Waals surface area contributed by atoms with E-state index >= 15 is 0 Å². The maximum atomic E-state index is 11.9. The Balaban J connectivity index is 3.05. The average molecular weight is 313 g/mol. The highest BCUT2D eigenvalue weighted by Gasteiger charge is 2.19. The van der Waals surface area contributed by atoms with Gasteiger partial charge in [-0.05, 0) is 25.0 Å². The number of ether oxygens (including phenoxy) is 1. The standard InChI is InChI=1S/C16H25ClN2O2/c1-4-6-8-12(7-5-2)19-15-13(16(20)21-3)9-11(18)10-14(15)17/h9-10,12,19H,4-8,18H2,1-3H3. The van der Waals surface area contributed by atoms with Gasteiger partial charge in [-0.15, -0.1) is 0 Å². The highest BCUT2D eigenvalue weighted by atomic mass is 35.5. The van der Waals surface area contributed by atoms with Crippen molar-refractivity contribution in [3.05, 3.63) is 22.7 Å². The summed E-state index contributed by atoms with van der Waals surface area (Å²) in [4.78, 5) is 11.9. The number of unbranched alkanes of at least 4 members (excludes halogenated alkanes) is 1. The third kappa shape index (κ3) is 5.12. The van der Waals surface area contributed by atoms with Gasteiger partial charge in [0.15, 0.2) is 0 Å². The van der Waals surface area contributed by atoms with Crippen molar-refractivity contribution >= 4 is 28.9 Å². The van der Waals surface area contributed by atoms with Gasteiger partial charge in [0.25, 0.3) is 0 Å². The van der Waals surface area contributed by atoms with E-state index in [9.17, 15) is 4.79 Å². The van der Waals surface area contributed by atoms with Gasteiger partial charge in [0.05, 0.1) is 23.4 Å².